The molecule has 4 nitrogen and oxygen atoms in total. The first kappa shape index (κ1) is 15.5. The van der Waals surface area contributed by atoms with Crippen molar-refractivity contribution in [2.24, 2.45) is 0 Å². The number of rotatable bonds is 6. The quantitative estimate of drug-likeness (QED) is 0.605. The van der Waals surface area contributed by atoms with Crippen molar-refractivity contribution in [2.45, 2.75) is 0 Å². The number of carbonyl (C=O) groups excluding carboxylic acids is 1. The smallest absolute Gasteiger partial charge is 0.235 e. The van der Waals surface area contributed by atoms with Crippen molar-refractivity contribution in [3.63, 3.8) is 0 Å². The Bertz CT molecular complexity index is 709. The van der Waals surface area contributed by atoms with Crippen molar-refractivity contribution >= 4 is 25.5 Å². The van der Waals surface area contributed by atoms with Crippen LogP contribution in [0.15, 0.2) is 54.6 Å². The highest BCUT2D eigenvalue weighted by molar-refractivity contribution is 8.13. The first-order chi connectivity index (χ1) is 9.96. The van der Waals surface area contributed by atoms with Gasteiger partial charge < -0.3 is 4.74 Å². The summed E-state index contributed by atoms with van der Waals surface area (Å²) in [6.45, 7) is -0.0299. The molecule has 0 aliphatic heterocycles. The van der Waals surface area contributed by atoms with Crippen LogP contribution in [-0.2, 0) is 9.05 Å². The van der Waals surface area contributed by atoms with Gasteiger partial charge in [0.2, 0.25) is 9.05 Å². The van der Waals surface area contributed by atoms with Gasteiger partial charge in [0.05, 0.1) is 5.75 Å². The molecule has 6 heteroatoms. The standard InChI is InChI=1S/C15H13ClO4S/c16-21(18,19)11-10-20-14-8-6-13(7-9-14)15(17)12-4-2-1-3-5-12/h1-9H,10-11H2. The van der Waals surface area contributed by atoms with E-state index in [1.54, 1.807) is 48.5 Å². The van der Waals surface area contributed by atoms with E-state index in [9.17, 15) is 13.2 Å². The van der Waals surface area contributed by atoms with Crippen LogP contribution < -0.4 is 4.74 Å². The lowest BCUT2D eigenvalue weighted by atomic mass is 10.0. The molecule has 0 N–H and O–H groups in total. The Hall–Kier alpha value is -1.85. The average molecular weight is 325 g/mol. The van der Waals surface area contributed by atoms with Gasteiger partial charge in [-0.05, 0) is 24.3 Å². The Labute approximate surface area is 127 Å². The van der Waals surface area contributed by atoms with Crippen molar-refractivity contribution in [3.05, 3.63) is 65.7 Å². The van der Waals surface area contributed by atoms with Crippen molar-refractivity contribution in [3.8, 4) is 5.75 Å². The summed E-state index contributed by atoms with van der Waals surface area (Å²) in [6, 6.07) is 15.5. The van der Waals surface area contributed by atoms with Gasteiger partial charge >= 0.3 is 0 Å². The molecule has 2 rings (SSSR count). The van der Waals surface area contributed by atoms with E-state index in [2.05, 4.69) is 0 Å². The predicted molar refractivity (Wildman–Crippen MR) is 81.5 cm³/mol. The number of carbonyl (C=O) groups is 1. The van der Waals surface area contributed by atoms with Gasteiger partial charge in [-0.2, -0.15) is 0 Å². The number of ketones is 1. The molecule has 0 radical (unpaired) electrons. The molecule has 2 aromatic carbocycles. The highest BCUT2D eigenvalue weighted by Crippen LogP contribution is 2.15. The van der Waals surface area contributed by atoms with E-state index in [0.29, 0.717) is 16.9 Å². The molecular formula is C15H13ClO4S. The van der Waals surface area contributed by atoms with E-state index in [1.807, 2.05) is 6.07 Å². The van der Waals surface area contributed by atoms with Gasteiger partial charge in [0.15, 0.2) is 5.78 Å². The van der Waals surface area contributed by atoms with E-state index < -0.39 is 9.05 Å². The van der Waals surface area contributed by atoms with Gasteiger partial charge in [-0.3, -0.25) is 4.79 Å². The zero-order valence-corrected chi connectivity index (χ0v) is 12.6. The molecule has 0 saturated heterocycles. The Morgan fingerprint density at radius 3 is 2.10 bits per heavy atom. The topological polar surface area (TPSA) is 60.4 Å². The lowest BCUT2D eigenvalue weighted by Gasteiger charge is -2.06. The summed E-state index contributed by atoms with van der Waals surface area (Å²) in [4.78, 5) is 12.2. The van der Waals surface area contributed by atoms with E-state index >= 15 is 0 Å². The van der Waals surface area contributed by atoms with Gasteiger partial charge in [0.25, 0.3) is 0 Å². The maximum Gasteiger partial charge on any atom is 0.235 e. The van der Waals surface area contributed by atoms with Crippen molar-refractivity contribution in [2.75, 3.05) is 12.4 Å². The average Bonchev–Trinajstić information content (AvgIpc) is 2.47. The van der Waals surface area contributed by atoms with E-state index in [4.69, 9.17) is 15.4 Å². The summed E-state index contributed by atoms with van der Waals surface area (Å²) in [5.41, 5.74) is 1.15. The molecule has 0 bridgehead atoms. The molecular weight excluding hydrogens is 312 g/mol. The molecule has 0 saturated carbocycles. The van der Waals surface area contributed by atoms with E-state index in [1.165, 1.54) is 0 Å². The zero-order valence-electron chi connectivity index (χ0n) is 11.0. The molecule has 21 heavy (non-hydrogen) atoms. The number of halogens is 1. The van der Waals surface area contributed by atoms with Gasteiger partial charge in [0.1, 0.15) is 12.4 Å². The summed E-state index contributed by atoms with van der Waals surface area (Å²) in [6.07, 6.45) is 0. The van der Waals surface area contributed by atoms with Crippen LogP contribution in [0.1, 0.15) is 15.9 Å². The molecule has 0 fully saturated rings. The van der Waals surface area contributed by atoms with Crippen molar-refractivity contribution in [1.29, 1.82) is 0 Å². The summed E-state index contributed by atoms with van der Waals surface area (Å²) in [5, 5.41) is 0. The highest BCUT2D eigenvalue weighted by atomic mass is 35.7. The van der Waals surface area contributed by atoms with Crippen LogP contribution in [0.2, 0.25) is 0 Å². The third kappa shape index (κ3) is 4.88. The van der Waals surface area contributed by atoms with Gasteiger partial charge in [-0.25, -0.2) is 8.42 Å². The fourth-order valence-corrected chi connectivity index (χ4v) is 2.19. The second-order valence-corrected chi connectivity index (χ2v) is 7.21. The monoisotopic (exact) mass is 324 g/mol. The fourth-order valence-electron chi connectivity index (χ4n) is 1.72. The molecule has 0 unspecified atom stereocenters. The minimum Gasteiger partial charge on any atom is -0.492 e. The fraction of sp³-hybridized carbons (Fsp3) is 0.133. The van der Waals surface area contributed by atoms with Crippen molar-refractivity contribution < 1.29 is 17.9 Å². The maximum atomic E-state index is 12.2. The molecule has 0 spiro atoms. The van der Waals surface area contributed by atoms with Crippen LogP contribution in [-0.4, -0.2) is 26.6 Å². The first-order valence-electron chi connectivity index (χ1n) is 6.21. The third-order valence-corrected chi connectivity index (χ3v) is 3.87. The molecule has 110 valence electrons. The van der Waals surface area contributed by atoms with Gasteiger partial charge in [0, 0.05) is 21.8 Å². The number of hydrogen-bond acceptors (Lipinski definition) is 4. The second kappa shape index (κ2) is 6.74. The Morgan fingerprint density at radius 2 is 1.52 bits per heavy atom. The van der Waals surface area contributed by atoms with Crippen molar-refractivity contribution in [1.82, 2.24) is 0 Å². The summed E-state index contributed by atoms with van der Waals surface area (Å²) >= 11 is 0. The SMILES string of the molecule is O=C(c1ccccc1)c1ccc(OCCS(=O)(=O)Cl)cc1. The van der Waals surface area contributed by atoms with Crippen LogP contribution >= 0.6 is 10.7 Å². The highest BCUT2D eigenvalue weighted by Gasteiger charge is 2.09. The molecule has 0 atom stereocenters. The van der Waals surface area contributed by atoms with Crippen LogP contribution in [0.4, 0.5) is 0 Å². The minimum absolute atomic E-state index is 0.0299. The van der Waals surface area contributed by atoms with Crippen LogP contribution in [0.5, 0.6) is 5.75 Å². The molecule has 0 heterocycles. The third-order valence-electron chi connectivity index (χ3n) is 2.75. The van der Waals surface area contributed by atoms with Gasteiger partial charge in [-0.1, -0.05) is 30.3 Å². The zero-order chi connectivity index (χ0) is 15.3. The largest absolute Gasteiger partial charge is 0.492 e. The van der Waals surface area contributed by atoms with E-state index in [0.717, 1.165) is 0 Å². The lowest BCUT2D eigenvalue weighted by Crippen LogP contribution is -2.09. The molecule has 0 aliphatic rings. The summed E-state index contributed by atoms with van der Waals surface area (Å²) in [7, 11) is 1.52. The number of ether oxygens (including phenoxy) is 1. The Morgan fingerprint density at radius 1 is 0.952 bits per heavy atom. The van der Waals surface area contributed by atoms with Gasteiger partial charge in [-0.15, -0.1) is 0 Å². The van der Waals surface area contributed by atoms with Crippen LogP contribution in [0, 0.1) is 0 Å². The first-order valence-corrected chi connectivity index (χ1v) is 8.68. The van der Waals surface area contributed by atoms with Crippen LogP contribution in [0.3, 0.4) is 0 Å². The predicted octanol–water partition coefficient (Wildman–Crippen LogP) is 2.87. The normalized spacial score (nSPS) is 11.1. The Kier molecular flexibility index (Phi) is 4.98. The maximum absolute atomic E-state index is 12.2. The summed E-state index contributed by atoms with van der Waals surface area (Å²) in [5.74, 6) is 0.143. The molecule has 0 amide bonds. The van der Waals surface area contributed by atoms with Crippen LogP contribution in [0.25, 0.3) is 0 Å². The molecule has 2 aromatic rings. The molecule has 0 aliphatic carbocycles. The number of hydrogen-bond donors (Lipinski definition) is 0. The van der Waals surface area contributed by atoms with E-state index in [-0.39, 0.29) is 18.1 Å². The second-order valence-electron chi connectivity index (χ2n) is 4.31. The lowest BCUT2D eigenvalue weighted by molar-refractivity contribution is 0.103. The summed E-state index contributed by atoms with van der Waals surface area (Å²) < 4.78 is 26.8. The Balaban J connectivity index is 2.01. The number of benzene rings is 2. The molecule has 0 aromatic heterocycles. The minimum atomic E-state index is -3.56.